The lowest BCUT2D eigenvalue weighted by Crippen LogP contribution is -2.26. The van der Waals surface area contributed by atoms with Crippen molar-refractivity contribution in [2.45, 2.75) is 57.7 Å². The predicted octanol–water partition coefficient (Wildman–Crippen LogP) is 3.47. The van der Waals surface area contributed by atoms with Gasteiger partial charge in [0.2, 0.25) is 0 Å². The van der Waals surface area contributed by atoms with Crippen molar-refractivity contribution >= 4 is 0 Å². The smallest absolute Gasteiger partial charge is 0.0586 e. The Morgan fingerprint density at radius 2 is 1.94 bits per heavy atom. The topological polar surface area (TPSA) is 21.3 Å². The molecule has 2 heteroatoms. The van der Waals surface area contributed by atoms with Crippen LogP contribution >= 0.6 is 0 Å². The molecule has 0 aromatic heterocycles. The largest absolute Gasteiger partial charge is 0.381 e. The zero-order valence-electron chi connectivity index (χ0n) is 11.8. The van der Waals surface area contributed by atoms with E-state index >= 15 is 0 Å². The predicted molar refractivity (Wildman–Crippen MR) is 75.8 cm³/mol. The van der Waals surface area contributed by atoms with Gasteiger partial charge in [-0.3, -0.25) is 0 Å². The van der Waals surface area contributed by atoms with Crippen LogP contribution in [0, 0.1) is 0 Å². The van der Waals surface area contributed by atoms with Crippen molar-refractivity contribution in [3.63, 3.8) is 0 Å². The van der Waals surface area contributed by atoms with E-state index in [1.54, 1.807) is 0 Å². The van der Waals surface area contributed by atoms with Crippen molar-refractivity contribution in [2.24, 2.45) is 0 Å². The molecule has 1 fully saturated rings. The minimum absolute atomic E-state index is 0.464. The van der Waals surface area contributed by atoms with Crippen LogP contribution in [0.5, 0.6) is 0 Å². The number of nitrogens with one attached hydrogen (secondary N) is 1. The molecule has 0 amide bonds. The highest BCUT2D eigenvalue weighted by molar-refractivity contribution is 5.24. The number of hydrogen-bond donors (Lipinski definition) is 1. The standard InChI is InChI=1S/C16H25NO/c1-12(2)14-6-4-13(5-7-14)11-17-15-8-9-16(10-15)18-3/h4-7,12,15-17H,8-11H2,1-3H3. The second-order valence-electron chi connectivity index (χ2n) is 5.64. The maximum atomic E-state index is 5.40. The molecule has 0 radical (unpaired) electrons. The molecule has 1 aliphatic rings. The summed E-state index contributed by atoms with van der Waals surface area (Å²) < 4.78 is 5.40. The Kier molecular flexibility index (Phi) is 4.79. The van der Waals surface area contributed by atoms with E-state index in [2.05, 4.69) is 43.4 Å². The van der Waals surface area contributed by atoms with Gasteiger partial charge in [0.25, 0.3) is 0 Å². The van der Waals surface area contributed by atoms with Gasteiger partial charge in [0, 0.05) is 19.7 Å². The third-order valence-electron chi connectivity index (χ3n) is 3.96. The summed E-state index contributed by atoms with van der Waals surface area (Å²) in [6.45, 7) is 5.44. The summed E-state index contributed by atoms with van der Waals surface area (Å²) in [6.07, 6.45) is 4.05. The van der Waals surface area contributed by atoms with Crippen molar-refractivity contribution < 1.29 is 4.74 Å². The van der Waals surface area contributed by atoms with Gasteiger partial charge in [-0.2, -0.15) is 0 Å². The maximum absolute atomic E-state index is 5.40. The van der Waals surface area contributed by atoms with Crippen molar-refractivity contribution in [2.75, 3.05) is 7.11 Å². The number of benzene rings is 1. The molecule has 1 aliphatic carbocycles. The van der Waals surface area contributed by atoms with Crippen LogP contribution in [0.15, 0.2) is 24.3 Å². The number of methoxy groups -OCH3 is 1. The van der Waals surface area contributed by atoms with E-state index in [4.69, 9.17) is 4.74 Å². The third-order valence-corrected chi connectivity index (χ3v) is 3.96. The monoisotopic (exact) mass is 247 g/mol. The summed E-state index contributed by atoms with van der Waals surface area (Å²) in [5, 5.41) is 3.63. The Balaban J connectivity index is 1.80. The van der Waals surface area contributed by atoms with Crippen molar-refractivity contribution in [3.8, 4) is 0 Å². The van der Waals surface area contributed by atoms with Gasteiger partial charge in [-0.1, -0.05) is 38.1 Å². The van der Waals surface area contributed by atoms with Gasteiger partial charge in [0.15, 0.2) is 0 Å². The molecule has 18 heavy (non-hydrogen) atoms. The first-order chi connectivity index (χ1) is 8.69. The van der Waals surface area contributed by atoms with Gasteiger partial charge in [-0.15, -0.1) is 0 Å². The third kappa shape index (κ3) is 3.56. The molecule has 0 saturated heterocycles. The van der Waals surface area contributed by atoms with Crippen LogP contribution in [0.2, 0.25) is 0 Å². The van der Waals surface area contributed by atoms with Crippen molar-refractivity contribution in [1.82, 2.24) is 5.32 Å². The highest BCUT2D eigenvalue weighted by Crippen LogP contribution is 2.22. The molecule has 1 aromatic carbocycles. The highest BCUT2D eigenvalue weighted by Gasteiger charge is 2.23. The number of hydrogen-bond acceptors (Lipinski definition) is 2. The van der Waals surface area contributed by atoms with Crippen LogP contribution in [0.4, 0.5) is 0 Å². The zero-order valence-corrected chi connectivity index (χ0v) is 11.8. The van der Waals surface area contributed by atoms with E-state index in [0.717, 1.165) is 13.0 Å². The van der Waals surface area contributed by atoms with E-state index in [-0.39, 0.29) is 0 Å². The average molecular weight is 247 g/mol. The number of ether oxygens (including phenoxy) is 1. The lowest BCUT2D eigenvalue weighted by atomic mass is 10.0. The fraction of sp³-hybridized carbons (Fsp3) is 0.625. The normalized spacial score (nSPS) is 23.8. The fourth-order valence-electron chi connectivity index (χ4n) is 2.62. The van der Waals surface area contributed by atoms with Crippen LogP contribution in [0.25, 0.3) is 0 Å². The Morgan fingerprint density at radius 1 is 1.22 bits per heavy atom. The lowest BCUT2D eigenvalue weighted by molar-refractivity contribution is 0.107. The summed E-state index contributed by atoms with van der Waals surface area (Å²) in [7, 11) is 1.82. The van der Waals surface area contributed by atoms with E-state index in [1.165, 1.54) is 24.0 Å². The van der Waals surface area contributed by atoms with Gasteiger partial charge < -0.3 is 10.1 Å². The van der Waals surface area contributed by atoms with Crippen LogP contribution in [0.1, 0.15) is 50.2 Å². The quantitative estimate of drug-likeness (QED) is 0.860. The summed E-state index contributed by atoms with van der Waals surface area (Å²) in [6, 6.07) is 9.60. The van der Waals surface area contributed by atoms with E-state index < -0.39 is 0 Å². The summed E-state index contributed by atoms with van der Waals surface area (Å²) in [5.74, 6) is 0.615. The molecule has 2 atom stereocenters. The summed E-state index contributed by atoms with van der Waals surface area (Å²) >= 11 is 0. The maximum Gasteiger partial charge on any atom is 0.0586 e. The molecule has 0 aliphatic heterocycles. The molecule has 2 unspecified atom stereocenters. The summed E-state index contributed by atoms with van der Waals surface area (Å²) in [4.78, 5) is 0. The Morgan fingerprint density at radius 3 is 2.50 bits per heavy atom. The molecule has 0 heterocycles. The minimum Gasteiger partial charge on any atom is -0.381 e. The first-order valence-corrected chi connectivity index (χ1v) is 7.04. The molecule has 0 bridgehead atoms. The average Bonchev–Trinajstić information content (AvgIpc) is 2.85. The van der Waals surface area contributed by atoms with Crippen LogP contribution in [-0.4, -0.2) is 19.3 Å². The Hall–Kier alpha value is -0.860. The van der Waals surface area contributed by atoms with Gasteiger partial charge in [-0.25, -0.2) is 0 Å². The van der Waals surface area contributed by atoms with Gasteiger partial charge >= 0.3 is 0 Å². The lowest BCUT2D eigenvalue weighted by Gasteiger charge is -2.13. The molecule has 1 aromatic rings. The SMILES string of the molecule is COC1CCC(NCc2ccc(C(C)C)cc2)C1. The van der Waals surface area contributed by atoms with E-state index in [1.807, 2.05) is 7.11 Å². The molecule has 1 N–H and O–H groups in total. The highest BCUT2D eigenvalue weighted by atomic mass is 16.5. The molecular weight excluding hydrogens is 222 g/mol. The molecular formula is C16H25NO. The second kappa shape index (κ2) is 6.35. The van der Waals surface area contributed by atoms with E-state index in [0.29, 0.717) is 18.1 Å². The van der Waals surface area contributed by atoms with Crippen LogP contribution in [-0.2, 0) is 11.3 Å². The second-order valence-corrected chi connectivity index (χ2v) is 5.64. The minimum atomic E-state index is 0.464. The fourth-order valence-corrected chi connectivity index (χ4v) is 2.62. The van der Waals surface area contributed by atoms with Crippen molar-refractivity contribution in [3.05, 3.63) is 35.4 Å². The zero-order chi connectivity index (χ0) is 13.0. The Labute approximate surface area is 111 Å². The molecule has 2 rings (SSSR count). The van der Waals surface area contributed by atoms with Crippen LogP contribution in [0.3, 0.4) is 0 Å². The van der Waals surface area contributed by atoms with E-state index in [9.17, 15) is 0 Å². The summed E-state index contributed by atoms with van der Waals surface area (Å²) in [5.41, 5.74) is 2.79. The van der Waals surface area contributed by atoms with Gasteiger partial charge in [0.1, 0.15) is 0 Å². The van der Waals surface area contributed by atoms with Gasteiger partial charge in [0.05, 0.1) is 6.10 Å². The Bertz CT molecular complexity index is 358. The molecule has 1 saturated carbocycles. The first kappa shape index (κ1) is 13.6. The molecule has 100 valence electrons. The van der Waals surface area contributed by atoms with Crippen molar-refractivity contribution in [1.29, 1.82) is 0 Å². The van der Waals surface area contributed by atoms with Gasteiger partial charge in [-0.05, 0) is 36.3 Å². The molecule has 2 nitrogen and oxygen atoms in total. The molecule has 0 spiro atoms. The van der Waals surface area contributed by atoms with Crippen LogP contribution < -0.4 is 5.32 Å². The first-order valence-electron chi connectivity index (χ1n) is 7.04. The number of rotatable bonds is 5.